The molecule has 0 aliphatic carbocycles. The highest BCUT2D eigenvalue weighted by Crippen LogP contribution is 2.13. The van der Waals surface area contributed by atoms with Crippen molar-refractivity contribution in [2.45, 2.75) is 24.6 Å². The van der Waals surface area contributed by atoms with E-state index in [0.29, 0.717) is 5.75 Å². The van der Waals surface area contributed by atoms with Crippen LogP contribution < -0.4 is 0 Å². The summed E-state index contributed by atoms with van der Waals surface area (Å²) in [6.07, 6.45) is 3.93. The normalized spacial score (nSPS) is 12.8. The van der Waals surface area contributed by atoms with E-state index in [1.165, 1.54) is 11.8 Å². The summed E-state index contributed by atoms with van der Waals surface area (Å²) in [5, 5.41) is 9.97. The molecule has 3 nitrogen and oxygen atoms in total. The van der Waals surface area contributed by atoms with Gasteiger partial charge in [-0.3, -0.25) is 0 Å². The third-order valence-corrected chi connectivity index (χ3v) is 2.44. The lowest BCUT2D eigenvalue weighted by Gasteiger charge is -2.04. The van der Waals surface area contributed by atoms with Crippen molar-refractivity contribution in [1.82, 2.24) is 9.97 Å². The summed E-state index contributed by atoms with van der Waals surface area (Å²) in [4.78, 5) is 8.05. The van der Waals surface area contributed by atoms with E-state index in [1.54, 1.807) is 18.5 Å². The smallest absolute Gasteiger partial charge is 0.187 e. The Morgan fingerprint density at radius 2 is 2.17 bits per heavy atom. The quantitative estimate of drug-likeness (QED) is 0.566. The molecule has 1 N–H and O–H groups in total. The molecule has 0 bridgehead atoms. The van der Waals surface area contributed by atoms with Crippen molar-refractivity contribution in [3.05, 3.63) is 18.5 Å². The first-order chi connectivity index (χ1) is 5.83. The molecule has 0 aliphatic rings. The van der Waals surface area contributed by atoms with Crippen molar-refractivity contribution in [3.63, 3.8) is 0 Å². The Hall–Kier alpha value is -0.610. The zero-order valence-electron chi connectivity index (χ0n) is 6.97. The topological polar surface area (TPSA) is 46.0 Å². The molecule has 0 saturated carbocycles. The van der Waals surface area contributed by atoms with Crippen LogP contribution in [0.1, 0.15) is 13.3 Å². The number of aliphatic hydroxyl groups excluding tert-OH is 1. The molecular formula is C8H12N2OS. The summed E-state index contributed by atoms with van der Waals surface area (Å²) in [5.74, 6) is 0.667. The van der Waals surface area contributed by atoms with Crippen LogP contribution in [0.5, 0.6) is 0 Å². The van der Waals surface area contributed by atoms with Gasteiger partial charge in [-0.15, -0.1) is 0 Å². The summed E-state index contributed by atoms with van der Waals surface area (Å²) in [6, 6.07) is 1.78. The number of aliphatic hydroxyl groups is 1. The van der Waals surface area contributed by atoms with E-state index in [0.717, 1.165) is 11.6 Å². The van der Waals surface area contributed by atoms with Gasteiger partial charge in [0.25, 0.3) is 0 Å². The molecule has 0 amide bonds. The van der Waals surface area contributed by atoms with Crippen LogP contribution in [0.4, 0.5) is 0 Å². The molecule has 1 atom stereocenters. The molecule has 1 rings (SSSR count). The molecule has 0 fully saturated rings. The van der Waals surface area contributed by atoms with Crippen molar-refractivity contribution in [1.29, 1.82) is 0 Å². The van der Waals surface area contributed by atoms with Crippen LogP contribution in [0.15, 0.2) is 23.6 Å². The fraction of sp³-hybridized carbons (Fsp3) is 0.500. The van der Waals surface area contributed by atoms with Crippen LogP contribution in [0, 0.1) is 0 Å². The molecule has 12 heavy (non-hydrogen) atoms. The summed E-state index contributed by atoms with van der Waals surface area (Å²) >= 11 is 1.48. The Morgan fingerprint density at radius 1 is 1.50 bits per heavy atom. The molecule has 0 spiro atoms. The average Bonchev–Trinajstić information content (AvgIpc) is 2.16. The van der Waals surface area contributed by atoms with Gasteiger partial charge in [-0.2, -0.15) is 0 Å². The van der Waals surface area contributed by atoms with Gasteiger partial charge in [0.05, 0.1) is 6.10 Å². The zero-order valence-corrected chi connectivity index (χ0v) is 7.79. The number of nitrogens with zero attached hydrogens (tertiary/aromatic N) is 2. The van der Waals surface area contributed by atoms with E-state index >= 15 is 0 Å². The van der Waals surface area contributed by atoms with E-state index < -0.39 is 0 Å². The lowest BCUT2D eigenvalue weighted by Crippen LogP contribution is -2.07. The number of aromatic nitrogens is 2. The number of rotatable bonds is 4. The Balaban J connectivity index is 2.33. The summed E-state index contributed by atoms with van der Waals surface area (Å²) in [7, 11) is 0. The maximum Gasteiger partial charge on any atom is 0.187 e. The Bertz CT molecular complexity index is 218. The highest BCUT2D eigenvalue weighted by molar-refractivity contribution is 7.99. The van der Waals surface area contributed by atoms with Gasteiger partial charge < -0.3 is 5.11 Å². The molecule has 1 aromatic heterocycles. The molecule has 0 aromatic carbocycles. The molecule has 1 aromatic rings. The Kier molecular flexibility index (Phi) is 4.04. The number of hydrogen-bond acceptors (Lipinski definition) is 4. The lowest BCUT2D eigenvalue weighted by molar-refractivity contribution is 0.195. The third kappa shape index (κ3) is 3.19. The molecule has 0 aliphatic heterocycles. The lowest BCUT2D eigenvalue weighted by atomic mass is 10.3. The number of hydrogen-bond donors (Lipinski definition) is 1. The molecule has 1 heterocycles. The molecular weight excluding hydrogens is 172 g/mol. The van der Waals surface area contributed by atoms with Crippen LogP contribution in [-0.2, 0) is 0 Å². The van der Waals surface area contributed by atoms with Gasteiger partial charge >= 0.3 is 0 Å². The standard InChI is InChI=1S/C8H12N2OS/c1-2-7(11)6-12-8-9-4-3-5-10-8/h3-5,7,11H,2,6H2,1H3. The highest BCUT2D eigenvalue weighted by Gasteiger charge is 2.02. The maximum atomic E-state index is 9.24. The Labute approximate surface area is 76.2 Å². The van der Waals surface area contributed by atoms with Gasteiger partial charge in [0.15, 0.2) is 5.16 Å². The van der Waals surface area contributed by atoms with Crippen molar-refractivity contribution >= 4 is 11.8 Å². The van der Waals surface area contributed by atoms with Crippen molar-refractivity contribution in [2.24, 2.45) is 0 Å². The van der Waals surface area contributed by atoms with Gasteiger partial charge in [-0.1, -0.05) is 18.7 Å². The van der Waals surface area contributed by atoms with Crippen LogP contribution in [0.3, 0.4) is 0 Å². The minimum Gasteiger partial charge on any atom is -0.392 e. The van der Waals surface area contributed by atoms with Crippen LogP contribution in [-0.4, -0.2) is 26.9 Å². The van der Waals surface area contributed by atoms with Gasteiger partial charge in [-0.25, -0.2) is 9.97 Å². The summed E-state index contributed by atoms with van der Waals surface area (Å²) in [6.45, 7) is 1.96. The predicted molar refractivity (Wildman–Crippen MR) is 49.1 cm³/mol. The van der Waals surface area contributed by atoms with Crippen LogP contribution in [0.25, 0.3) is 0 Å². The molecule has 1 unspecified atom stereocenters. The second kappa shape index (κ2) is 5.11. The summed E-state index contributed by atoms with van der Waals surface area (Å²) in [5.41, 5.74) is 0. The van der Waals surface area contributed by atoms with E-state index in [1.807, 2.05) is 6.92 Å². The van der Waals surface area contributed by atoms with Gasteiger partial charge in [-0.05, 0) is 12.5 Å². The fourth-order valence-electron chi connectivity index (χ4n) is 0.649. The second-order valence-corrected chi connectivity index (χ2v) is 3.39. The van der Waals surface area contributed by atoms with Gasteiger partial charge in [0.2, 0.25) is 0 Å². The largest absolute Gasteiger partial charge is 0.392 e. The van der Waals surface area contributed by atoms with Gasteiger partial charge in [0, 0.05) is 18.1 Å². The third-order valence-electron chi connectivity index (χ3n) is 1.42. The van der Waals surface area contributed by atoms with Crippen molar-refractivity contribution < 1.29 is 5.11 Å². The monoisotopic (exact) mass is 184 g/mol. The minimum absolute atomic E-state index is 0.251. The predicted octanol–water partition coefficient (Wildman–Crippen LogP) is 1.34. The summed E-state index contributed by atoms with van der Waals surface area (Å²) < 4.78 is 0. The SMILES string of the molecule is CCC(O)CSc1ncccn1. The van der Waals surface area contributed by atoms with E-state index in [4.69, 9.17) is 0 Å². The molecule has 4 heteroatoms. The second-order valence-electron chi connectivity index (χ2n) is 2.40. The minimum atomic E-state index is -0.251. The van der Waals surface area contributed by atoms with Crippen LogP contribution in [0.2, 0.25) is 0 Å². The average molecular weight is 184 g/mol. The molecule has 0 radical (unpaired) electrons. The zero-order chi connectivity index (χ0) is 8.81. The van der Waals surface area contributed by atoms with E-state index in [9.17, 15) is 5.11 Å². The van der Waals surface area contributed by atoms with Crippen LogP contribution >= 0.6 is 11.8 Å². The highest BCUT2D eigenvalue weighted by atomic mass is 32.2. The maximum absolute atomic E-state index is 9.24. The Morgan fingerprint density at radius 3 is 2.75 bits per heavy atom. The van der Waals surface area contributed by atoms with Crippen molar-refractivity contribution in [2.75, 3.05) is 5.75 Å². The molecule has 0 saturated heterocycles. The van der Waals surface area contributed by atoms with E-state index in [-0.39, 0.29) is 6.10 Å². The first kappa shape index (κ1) is 9.48. The first-order valence-corrected chi connectivity index (χ1v) is 4.89. The van der Waals surface area contributed by atoms with E-state index in [2.05, 4.69) is 9.97 Å². The first-order valence-electron chi connectivity index (χ1n) is 3.90. The van der Waals surface area contributed by atoms with Crippen molar-refractivity contribution in [3.8, 4) is 0 Å². The number of thioether (sulfide) groups is 1. The van der Waals surface area contributed by atoms with Gasteiger partial charge in [0.1, 0.15) is 0 Å². The molecule has 66 valence electrons. The fourth-order valence-corrected chi connectivity index (χ4v) is 1.50.